The molecule has 5 nitrogen and oxygen atoms in total. The van der Waals surface area contributed by atoms with E-state index in [9.17, 15) is 9.90 Å². The van der Waals surface area contributed by atoms with Crippen molar-refractivity contribution in [2.75, 3.05) is 18.5 Å². The number of imidazole rings is 1. The second-order valence-electron chi connectivity index (χ2n) is 4.96. The molecular formula is C15H21N3O2. The Bertz CT molecular complexity index is 619. The molecular weight excluding hydrogens is 254 g/mol. The molecule has 0 spiro atoms. The van der Waals surface area contributed by atoms with E-state index in [-0.39, 0.29) is 5.69 Å². The highest BCUT2D eigenvalue weighted by Gasteiger charge is 2.17. The number of carboxylic acids is 1. The van der Waals surface area contributed by atoms with Crippen molar-refractivity contribution in [1.29, 1.82) is 0 Å². The van der Waals surface area contributed by atoms with E-state index in [1.54, 1.807) is 4.40 Å². The number of nitrogens with zero attached hydrogens (tertiary/aromatic N) is 3. The smallest absolute Gasteiger partial charge is 0.354 e. The number of hydrogen-bond donors (Lipinski definition) is 1. The summed E-state index contributed by atoms with van der Waals surface area (Å²) < 4.78 is 1.68. The van der Waals surface area contributed by atoms with E-state index in [1.165, 1.54) is 0 Å². The lowest BCUT2D eigenvalue weighted by Crippen LogP contribution is -2.18. The predicted molar refractivity (Wildman–Crippen MR) is 79.7 cm³/mol. The fraction of sp³-hybridized carbons (Fsp3) is 0.467. The molecule has 0 aliphatic heterocycles. The Morgan fingerprint density at radius 1 is 1.40 bits per heavy atom. The second-order valence-corrected chi connectivity index (χ2v) is 4.96. The average molecular weight is 275 g/mol. The van der Waals surface area contributed by atoms with Gasteiger partial charge in [0.2, 0.25) is 0 Å². The molecule has 2 aromatic heterocycles. The lowest BCUT2D eigenvalue weighted by molar-refractivity contribution is 0.0688. The summed E-state index contributed by atoms with van der Waals surface area (Å²) in [6.45, 7) is 5.03. The Kier molecular flexibility index (Phi) is 4.27. The second kappa shape index (κ2) is 5.94. The third-order valence-electron chi connectivity index (χ3n) is 3.50. The van der Waals surface area contributed by atoms with Gasteiger partial charge < -0.3 is 10.0 Å². The van der Waals surface area contributed by atoms with Crippen LogP contribution in [0.5, 0.6) is 0 Å². The minimum Gasteiger partial charge on any atom is -0.477 e. The number of carboxylic acid groups (broad SMARTS) is 1. The zero-order chi connectivity index (χ0) is 14.7. The lowest BCUT2D eigenvalue weighted by atomic mass is 10.2. The first-order valence-corrected chi connectivity index (χ1v) is 7.03. The molecule has 0 bridgehead atoms. The van der Waals surface area contributed by atoms with E-state index >= 15 is 0 Å². The number of anilines is 1. The molecule has 20 heavy (non-hydrogen) atoms. The van der Waals surface area contributed by atoms with Gasteiger partial charge in [0.05, 0.1) is 11.4 Å². The third kappa shape index (κ3) is 2.61. The monoisotopic (exact) mass is 275 g/mol. The largest absolute Gasteiger partial charge is 0.477 e. The van der Waals surface area contributed by atoms with Crippen molar-refractivity contribution in [1.82, 2.24) is 9.38 Å². The Labute approximate surface area is 118 Å². The van der Waals surface area contributed by atoms with E-state index in [0.717, 1.165) is 25.1 Å². The summed E-state index contributed by atoms with van der Waals surface area (Å²) >= 11 is 0. The van der Waals surface area contributed by atoms with E-state index in [1.807, 2.05) is 32.3 Å². The molecule has 0 aliphatic rings. The van der Waals surface area contributed by atoms with E-state index in [0.29, 0.717) is 17.8 Å². The molecule has 2 aromatic rings. The molecule has 0 atom stereocenters. The van der Waals surface area contributed by atoms with Crippen LogP contribution < -0.4 is 4.90 Å². The van der Waals surface area contributed by atoms with Gasteiger partial charge >= 0.3 is 5.97 Å². The quantitative estimate of drug-likeness (QED) is 0.880. The SMILES string of the molecule is CCCCN(C)c1ccc2nc(CC)c(C(=O)O)n2c1. The topological polar surface area (TPSA) is 57.8 Å². The van der Waals surface area contributed by atoms with Gasteiger partial charge in [-0.2, -0.15) is 0 Å². The van der Waals surface area contributed by atoms with E-state index in [4.69, 9.17) is 0 Å². The number of aryl methyl sites for hydroxylation is 1. The zero-order valence-corrected chi connectivity index (χ0v) is 12.3. The summed E-state index contributed by atoms with van der Waals surface area (Å²) in [7, 11) is 2.02. The number of carbonyl (C=O) groups is 1. The summed E-state index contributed by atoms with van der Waals surface area (Å²) in [5.41, 5.74) is 2.60. The van der Waals surface area contributed by atoms with Crippen molar-refractivity contribution in [3.05, 3.63) is 29.7 Å². The van der Waals surface area contributed by atoms with Gasteiger partial charge in [0.25, 0.3) is 0 Å². The van der Waals surface area contributed by atoms with Gasteiger partial charge in [-0.1, -0.05) is 20.3 Å². The number of aromatic nitrogens is 2. The fourth-order valence-corrected chi connectivity index (χ4v) is 2.31. The molecule has 0 fully saturated rings. The van der Waals surface area contributed by atoms with Gasteiger partial charge in [0, 0.05) is 19.8 Å². The summed E-state index contributed by atoms with van der Waals surface area (Å²) in [5, 5.41) is 9.38. The summed E-state index contributed by atoms with van der Waals surface area (Å²) in [4.78, 5) is 18.0. The number of unbranched alkanes of at least 4 members (excludes halogenated alkanes) is 1. The van der Waals surface area contributed by atoms with Crippen LogP contribution in [0.25, 0.3) is 5.65 Å². The van der Waals surface area contributed by atoms with Gasteiger partial charge in [-0.05, 0) is 25.0 Å². The highest BCUT2D eigenvalue weighted by atomic mass is 16.4. The molecule has 2 rings (SSSR count). The predicted octanol–water partition coefficient (Wildman–Crippen LogP) is 2.83. The molecule has 0 amide bonds. The highest BCUT2D eigenvalue weighted by molar-refractivity contribution is 5.88. The number of rotatable bonds is 6. The van der Waals surface area contributed by atoms with Crippen LogP contribution in [0.1, 0.15) is 42.9 Å². The molecule has 0 aromatic carbocycles. The van der Waals surface area contributed by atoms with E-state index < -0.39 is 5.97 Å². The maximum Gasteiger partial charge on any atom is 0.354 e. The van der Waals surface area contributed by atoms with Crippen LogP contribution in [0.3, 0.4) is 0 Å². The molecule has 108 valence electrons. The van der Waals surface area contributed by atoms with Gasteiger partial charge in [-0.3, -0.25) is 4.40 Å². The summed E-state index contributed by atoms with van der Waals surface area (Å²) in [6, 6.07) is 3.87. The molecule has 1 N–H and O–H groups in total. The third-order valence-corrected chi connectivity index (χ3v) is 3.50. The van der Waals surface area contributed by atoms with Crippen molar-refractivity contribution < 1.29 is 9.90 Å². The van der Waals surface area contributed by atoms with Crippen LogP contribution in [0.2, 0.25) is 0 Å². The van der Waals surface area contributed by atoms with Crippen molar-refractivity contribution in [3.8, 4) is 0 Å². The van der Waals surface area contributed by atoms with Gasteiger partial charge in [0.1, 0.15) is 5.65 Å². The first-order chi connectivity index (χ1) is 9.58. The normalized spacial score (nSPS) is 10.9. The molecule has 0 saturated heterocycles. The minimum atomic E-state index is -0.928. The maximum atomic E-state index is 11.4. The first kappa shape index (κ1) is 14.4. The highest BCUT2D eigenvalue weighted by Crippen LogP contribution is 2.19. The Balaban J connectivity index is 2.46. The van der Waals surface area contributed by atoms with Crippen LogP contribution in [-0.2, 0) is 6.42 Å². The zero-order valence-electron chi connectivity index (χ0n) is 12.3. The van der Waals surface area contributed by atoms with Crippen LogP contribution in [0, 0.1) is 0 Å². The molecule has 5 heteroatoms. The Morgan fingerprint density at radius 2 is 2.15 bits per heavy atom. The van der Waals surface area contributed by atoms with Crippen molar-refractivity contribution in [2.45, 2.75) is 33.1 Å². The fourth-order valence-electron chi connectivity index (χ4n) is 2.31. The minimum absolute atomic E-state index is 0.272. The van der Waals surface area contributed by atoms with Crippen molar-refractivity contribution >= 4 is 17.3 Å². The maximum absolute atomic E-state index is 11.4. The molecule has 0 unspecified atom stereocenters. The van der Waals surface area contributed by atoms with Crippen LogP contribution in [0.4, 0.5) is 5.69 Å². The van der Waals surface area contributed by atoms with Crippen molar-refractivity contribution in [3.63, 3.8) is 0 Å². The lowest BCUT2D eigenvalue weighted by Gasteiger charge is -2.19. The van der Waals surface area contributed by atoms with E-state index in [2.05, 4.69) is 16.8 Å². The van der Waals surface area contributed by atoms with Gasteiger partial charge in [-0.25, -0.2) is 9.78 Å². The van der Waals surface area contributed by atoms with Crippen LogP contribution in [0.15, 0.2) is 18.3 Å². The number of pyridine rings is 1. The molecule has 0 aliphatic carbocycles. The van der Waals surface area contributed by atoms with Crippen molar-refractivity contribution in [2.24, 2.45) is 0 Å². The van der Waals surface area contributed by atoms with Crippen LogP contribution >= 0.6 is 0 Å². The first-order valence-electron chi connectivity index (χ1n) is 7.03. The molecule has 0 radical (unpaired) electrons. The van der Waals surface area contributed by atoms with Gasteiger partial charge in [0.15, 0.2) is 5.69 Å². The Morgan fingerprint density at radius 3 is 2.75 bits per heavy atom. The Hall–Kier alpha value is -2.04. The van der Waals surface area contributed by atoms with Crippen LogP contribution in [-0.4, -0.2) is 34.1 Å². The standard InChI is InChI=1S/C15H21N3O2/c1-4-6-9-17(3)11-7-8-13-16-12(5-2)14(15(19)20)18(13)10-11/h7-8,10H,4-6,9H2,1-3H3,(H,19,20). The molecule has 0 saturated carbocycles. The summed E-state index contributed by atoms with van der Waals surface area (Å²) in [6.07, 6.45) is 4.73. The van der Waals surface area contributed by atoms with Gasteiger partial charge in [-0.15, -0.1) is 0 Å². The average Bonchev–Trinajstić information content (AvgIpc) is 2.82. The molecule has 2 heterocycles. The number of fused-ring (bicyclic) bond motifs is 1. The summed E-state index contributed by atoms with van der Waals surface area (Å²) in [5.74, 6) is -0.928. The number of hydrogen-bond acceptors (Lipinski definition) is 3. The number of aromatic carboxylic acids is 1.